The Balaban J connectivity index is 1.25. The zero-order chi connectivity index (χ0) is 22.8. The van der Waals surface area contributed by atoms with E-state index in [9.17, 15) is 9.59 Å². The van der Waals surface area contributed by atoms with Gasteiger partial charge in [-0.1, -0.05) is 12.1 Å². The van der Waals surface area contributed by atoms with Crippen molar-refractivity contribution in [1.82, 2.24) is 19.4 Å². The van der Waals surface area contributed by atoms with Gasteiger partial charge >= 0.3 is 5.76 Å². The van der Waals surface area contributed by atoms with Gasteiger partial charge in [0, 0.05) is 37.8 Å². The molecule has 168 valence electrons. The summed E-state index contributed by atoms with van der Waals surface area (Å²) in [5, 5.41) is 0. The highest BCUT2D eigenvalue weighted by Crippen LogP contribution is 2.24. The Hall–Kier alpha value is -4.14. The van der Waals surface area contributed by atoms with Gasteiger partial charge in [-0.05, 0) is 36.4 Å². The molecule has 1 amide bonds. The van der Waals surface area contributed by atoms with E-state index in [1.165, 1.54) is 4.57 Å². The highest BCUT2D eigenvalue weighted by Gasteiger charge is 2.24. The number of carbonyl (C=O) groups is 1. The number of carbonyl (C=O) groups excluding carboxylic acids is 1. The molecule has 5 rings (SSSR count). The molecule has 1 aliphatic heterocycles. The summed E-state index contributed by atoms with van der Waals surface area (Å²) in [6, 6.07) is 16.8. The van der Waals surface area contributed by atoms with Crippen molar-refractivity contribution in [2.75, 3.05) is 38.2 Å². The molecule has 0 bridgehead atoms. The van der Waals surface area contributed by atoms with Crippen LogP contribution in [-0.4, -0.2) is 58.6 Å². The molecule has 3 heterocycles. The number of amides is 1. The minimum Gasteiger partial charge on any atom is -0.497 e. The van der Waals surface area contributed by atoms with E-state index in [2.05, 4.69) is 14.9 Å². The lowest BCUT2D eigenvalue weighted by Gasteiger charge is -2.35. The maximum absolute atomic E-state index is 12.9. The SMILES string of the molecule is COc1ccc(-c2cc(N3CCN(C(=O)Cn4c(=O)oc5ccccc54)CC3)ncn2)cc1. The number of hydrogen-bond acceptors (Lipinski definition) is 7. The summed E-state index contributed by atoms with van der Waals surface area (Å²) < 4.78 is 11.8. The molecular formula is C24H23N5O4. The van der Waals surface area contributed by atoms with Gasteiger partial charge in [0.05, 0.1) is 18.3 Å². The second-order valence-corrected chi connectivity index (χ2v) is 7.78. The summed E-state index contributed by atoms with van der Waals surface area (Å²) in [7, 11) is 1.64. The molecule has 0 spiro atoms. The Morgan fingerprint density at radius 3 is 2.55 bits per heavy atom. The third-order valence-electron chi connectivity index (χ3n) is 5.86. The van der Waals surface area contributed by atoms with Gasteiger partial charge in [-0.2, -0.15) is 0 Å². The summed E-state index contributed by atoms with van der Waals surface area (Å²) in [5.41, 5.74) is 2.91. The number of benzene rings is 2. The number of piperazine rings is 1. The van der Waals surface area contributed by atoms with E-state index >= 15 is 0 Å². The second kappa shape index (κ2) is 8.78. The summed E-state index contributed by atoms with van der Waals surface area (Å²) >= 11 is 0. The quantitative estimate of drug-likeness (QED) is 0.466. The molecule has 0 N–H and O–H groups in total. The molecule has 0 atom stereocenters. The van der Waals surface area contributed by atoms with E-state index in [1.807, 2.05) is 36.4 Å². The third-order valence-corrected chi connectivity index (χ3v) is 5.86. The molecule has 33 heavy (non-hydrogen) atoms. The molecular weight excluding hydrogens is 422 g/mol. The predicted molar refractivity (Wildman–Crippen MR) is 123 cm³/mol. The topological polar surface area (TPSA) is 93.7 Å². The summed E-state index contributed by atoms with van der Waals surface area (Å²) in [4.78, 5) is 37.8. The molecule has 9 nitrogen and oxygen atoms in total. The van der Waals surface area contributed by atoms with Gasteiger partial charge in [-0.25, -0.2) is 14.8 Å². The van der Waals surface area contributed by atoms with Crippen LogP contribution in [0.5, 0.6) is 5.75 Å². The lowest BCUT2D eigenvalue weighted by atomic mass is 10.1. The van der Waals surface area contributed by atoms with Crippen LogP contribution in [0.15, 0.2) is 70.1 Å². The largest absolute Gasteiger partial charge is 0.497 e. The van der Waals surface area contributed by atoms with E-state index < -0.39 is 5.76 Å². The van der Waals surface area contributed by atoms with Crippen LogP contribution < -0.4 is 15.4 Å². The zero-order valence-electron chi connectivity index (χ0n) is 18.2. The average molecular weight is 445 g/mol. The number of nitrogens with zero attached hydrogens (tertiary/aromatic N) is 5. The third kappa shape index (κ3) is 4.17. The van der Waals surface area contributed by atoms with Crippen molar-refractivity contribution in [2.45, 2.75) is 6.54 Å². The van der Waals surface area contributed by atoms with Crippen LogP contribution in [-0.2, 0) is 11.3 Å². The molecule has 2 aromatic carbocycles. The van der Waals surface area contributed by atoms with E-state index in [0.29, 0.717) is 37.3 Å². The molecule has 0 saturated carbocycles. The molecule has 0 unspecified atom stereocenters. The minimum absolute atomic E-state index is 0.0367. The van der Waals surface area contributed by atoms with Crippen molar-refractivity contribution in [3.05, 3.63) is 71.5 Å². The van der Waals surface area contributed by atoms with Crippen molar-refractivity contribution in [1.29, 1.82) is 0 Å². The Bertz CT molecular complexity index is 1340. The van der Waals surface area contributed by atoms with Crippen LogP contribution in [0.4, 0.5) is 5.82 Å². The number of hydrogen-bond donors (Lipinski definition) is 0. The van der Waals surface area contributed by atoms with Crippen molar-refractivity contribution < 1.29 is 13.9 Å². The predicted octanol–water partition coefficient (Wildman–Crippen LogP) is 2.41. The number of fused-ring (bicyclic) bond motifs is 1. The van der Waals surface area contributed by atoms with Gasteiger partial charge in [0.1, 0.15) is 24.4 Å². The molecule has 0 radical (unpaired) electrons. The van der Waals surface area contributed by atoms with Crippen LogP contribution in [0.2, 0.25) is 0 Å². The van der Waals surface area contributed by atoms with Gasteiger partial charge in [-0.15, -0.1) is 0 Å². The number of rotatable bonds is 5. The van der Waals surface area contributed by atoms with Crippen molar-refractivity contribution in [3.8, 4) is 17.0 Å². The molecule has 0 aliphatic carbocycles. The standard InChI is InChI=1S/C24H23N5O4/c1-32-18-8-6-17(7-9-18)19-14-22(26-16-25-19)27-10-12-28(13-11-27)23(30)15-29-20-4-2-3-5-21(20)33-24(29)31/h2-9,14,16H,10-13,15H2,1H3. The lowest BCUT2D eigenvalue weighted by Crippen LogP contribution is -2.50. The summed E-state index contributed by atoms with van der Waals surface area (Å²) in [6.45, 7) is 2.35. The monoisotopic (exact) mass is 445 g/mol. The fourth-order valence-electron chi connectivity index (χ4n) is 4.02. The van der Waals surface area contributed by atoms with E-state index in [4.69, 9.17) is 9.15 Å². The van der Waals surface area contributed by atoms with Crippen LogP contribution >= 0.6 is 0 Å². The Morgan fingerprint density at radius 2 is 1.79 bits per heavy atom. The van der Waals surface area contributed by atoms with Gasteiger partial charge in [0.25, 0.3) is 0 Å². The molecule has 1 saturated heterocycles. The lowest BCUT2D eigenvalue weighted by molar-refractivity contribution is -0.132. The fourth-order valence-corrected chi connectivity index (χ4v) is 4.02. The number of para-hydroxylation sites is 2. The molecule has 4 aromatic rings. The Morgan fingerprint density at radius 1 is 1.03 bits per heavy atom. The first-order valence-corrected chi connectivity index (χ1v) is 10.7. The van der Waals surface area contributed by atoms with Crippen LogP contribution in [0.1, 0.15) is 0 Å². The van der Waals surface area contributed by atoms with Crippen LogP contribution in [0.25, 0.3) is 22.4 Å². The summed E-state index contributed by atoms with van der Waals surface area (Å²) in [6.07, 6.45) is 1.56. The zero-order valence-corrected chi connectivity index (χ0v) is 18.2. The number of ether oxygens (including phenoxy) is 1. The molecule has 1 fully saturated rings. The molecule has 2 aromatic heterocycles. The molecule has 1 aliphatic rings. The van der Waals surface area contributed by atoms with Crippen molar-refractivity contribution in [2.24, 2.45) is 0 Å². The number of oxazole rings is 1. The maximum atomic E-state index is 12.9. The van der Waals surface area contributed by atoms with Gasteiger partial charge in [0.2, 0.25) is 5.91 Å². The highest BCUT2D eigenvalue weighted by atomic mass is 16.5. The average Bonchev–Trinajstić information content (AvgIpc) is 3.19. The van der Waals surface area contributed by atoms with Crippen molar-refractivity contribution >= 4 is 22.8 Å². The minimum atomic E-state index is -0.518. The Kier molecular flexibility index (Phi) is 5.52. The molecule has 9 heteroatoms. The van der Waals surface area contributed by atoms with Gasteiger partial charge in [-0.3, -0.25) is 9.36 Å². The van der Waals surface area contributed by atoms with Crippen LogP contribution in [0, 0.1) is 0 Å². The fraction of sp³-hybridized carbons (Fsp3) is 0.250. The number of anilines is 1. The van der Waals surface area contributed by atoms with Gasteiger partial charge < -0.3 is 19.0 Å². The van der Waals surface area contributed by atoms with Crippen LogP contribution in [0.3, 0.4) is 0 Å². The number of methoxy groups -OCH3 is 1. The van der Waals surface area contributed by atoms with Gasteiger partial charge in [0.15, 0.2) is 5.58 Å². The number of aromatic nitrogens is 3. The van der Waals surface area contributed by atoms with Crippen molar-refractivity contribution in [3.63, 3.8) is 0 Å². The highest BCUT2D eigenvalue weighted by molar-refractivity contribution is 5.80. The van der Waals surface area contributed by atoms with E-state index in [-0.39, 0.29) is 12.5 Å². The van der Waals surface area contributed by atoms with E-state index in [1.54, 1.807) is 36.5 Å². The smallest absolute Gasteiger partial charge is 0.420 e. The first-order chi connectivity index (χ1) is 16.1. The van der Waals surface area contributed by atoms with E-state index in [0.717, 1.165) is 22.8 Å². The summed E-state index contributed by atoms with van der Waals surface area (Å²) in [5.74, 6) is 0.986. The normalized spacial score (nSPS) is 14.0. The Labute approximate surface area is 189 Å². The maximum Gasteiger partial charge on any atom is 0.420 e. The first-order valence-electron chi connectivity index (χ1n) is 10.7. The first kappa shape index (κ1) is 20.7. The second-order valence-electron chi connectivity index (χ2n) is 7.78.